The first-order chi connectivity index (χ1) is 14.1. The van der Waals surface area contributed by atoms with Crippen LogP contribution in [0.25, 0.3) is 28.1 Å². The van der Waals surface area contributed by atoms with Crippen LogP contribution in [0.4, 0.5) is 0 Å². The zero-order chi connectivity index (χ0) is 20.0. The molecule has 0 aliphatic rings. The Labute approximate surface area is 175 Å². The van der Waals surface area contributed by atoms with Crippen molar-refractivity contribution in [2.24, 2.45) is 0 Å². The highest BCUT2D eigenvalue weighted by atomic mass is 35.5. The van der Waals surface area contributed by atoms with Gasteiger partial charge in [-0.25, -0.2) is 4.98 Å². The molecule has 0 atom stereocenters. The van der Waals surface area contributed by atoms with Crippen LogP contribution in [0.5, 0.6) is 0 Å². The van der Waals surface area contributed by atoms with Crippen LogP contribution < -0.4 is 0 Å². The Kier molecular flexibility index (Phi) is 4.56. The minimum atomic E-state index is 0.568. The molecule has 146 valence electrons. The first kappa shape index (κ1) is 18.3. The van der Waals surface area contributed by atoms with E-state index in [1.54, 1.807) is 18.0 Å². The van der Waals surface area contributed by atoms with Crippen molar-refractivity contribution in [1.82, 2.24) is 19.6 Å². The van der Waals surface area contributed by atoms with Crippen molar-refractivity contribution in [3.63, 3.8) is 0 Å². The quantitative estimate of drug-likeness (QED) is 0.325. The first-order valence-corrected chi connectivity index (χ1v) is 10.6. The normalized spacial score (nSPS) is 11.7. The number of fused-ring (bicyclic) bond motifs is 3. The number of benzene rings is 1. The highest BCUT2D eigenvalue weighted by Crippen LogP contribution is 2.32. The van der Waals surface area contributed by atoms with Crippen LogP contribution >= 0.6 is 23.4 Å². The lowest BCUT2D eigenvalue weighted by atomic mass is 10.2. The number of thioether (sulfide) groups is 1. The van der Waals surface area contributed by atoms with E-state index in [1.165, 1.54) is 0 Å². The van der Waals surface area contributed by atoms with Crippen LogP contribution in [0.2, 0.25) is 5.02 Å². The van der Waals surface area contributed by atoms with Crippen molar-refractivity contribution in [3.05, 3.63) is 65.0 Å². The molecule has 0 fully saturated rings. The fourth-order valence-electron chi connectivity index (χ4n) is 3.34. The van der Waals surface area contributed by atoms with Crippen molar-refractivity contribution in [2.75, 3.05) is 0 Å². The molecule has 0 aliphatic carbocycles. The van der Waals surface area contributed by atoms with Gasteiger partial charge in [0.15, 0.2) is 5.58 Å². The van der Waals surface area contributed by atoms with Crippen molar-refractivity contribution < 1.29 is 8.83 Å². The summed E-state index contributed by atoms with van der Waals surface area (Å²) < 4.78 is 13.6. The van der Waals surface area contributed by atoms with E-state index in [0.717, 1.165) is 50.9 Å². The lowest BCUT2D eigenvalue weighted by molar-refractivity contribution is 0.540. The molecule has 5 aromatic rings. The summed E-state index contributed by atoms with van der Waals surface area (Å²) in [5.41, 5.74) is 4.57. The monoisotopic (exact) mass is 424 g/mol. The maximum absolute atomic E-state index is 6.09. The Hall–Kier alpha value is -2.77. The van der Waals surface area contributed by atoms with Crippen LogP contribution in [0.1, 0.15) is 24.2 Å². The molecule has 0 amide bonds. The topological polar surface area (TPSA) is 69.4 Å². The number of aryl methyl sites for hydroxylation is 2. The third-order valence-electron chi connectivity index (χ3n) is 4.78. The van der Waals surface area contributed by atoms with E-state index in [2.05, 4.69) is 26.5 Å². The van der Waals surface area contributed by atoms with Gasteiger partial charge >= 0.3 is 0 Å². The molecule has 0 saturated heterocycles. The van der Waals surface area contributed by atoms with E-state index < -0.39 is 0 Å². The summed E-state index contributed by atoms with van der Waals surface area (Å²) >= 11 is 7.67. The predicted octanol–water partition coefficient (Wildman–Crippen LogP) is 5.95. The number of rotatable bonds is 5. The fourth-order valence-corrected chi connectivity index (χ4v) is 4.46. The summed E-state index contributed by atoms with van der Waals surface area (Å²) in [6.45, 7) is 3.99. The molecule has 0 saturated carbocycles. The zero-order valence-electron chi connectivity index (χ0n) is 15.8. The summed E-state index contributed by atoms with van der Waals surface area (Å²) in [6.07, 6.45) is 2.48. The van der Waals surface area contributed by atoms with Gasteiger partial charge in [-0.3, -0.25) is 4.40 Å². The molecule has 4 aromatic heterocycles. The molecule has 0 radical (unpaired) electrons. The lowest BCUT2D eigenvalue weighted by Crippen LogP contribution is -2.03. The Balaban J connectivity index is 1.47. The average Bonchev–Trinajstić information content (AvgIpc) is 3.41. The van der Waals surface area contributed by atoms with Gasteiger partial charge in [-0.2, -0.15) is 0 Å². The van der Waals surface area contributed by atoms with Gasteiger partial charge in [0.05, 0.1) is 23.0 Å². The molecule has 0 bridgehead atoms. The summed E-state index contributed by atoms with van der Waals surface area (Å²) in [4.78, 5) is 4.66. The summed E-state index contributed by atoms with van der Waals surface area (Å²) in [5.74, 6) is 2.88. The number of hydrogen-bond donors (Lipinski definition) is 0. The largest absolute Gasteiger partial charge is 0.463 e. The SMILES string of the molecule is CCc1nnc(SCc2nc(-c3cccc(Cl)c3)oc2C)c2cc3occc3n12. The number of halogens is 1. The summed E-state index contributed by atoms with van der Waals surface area (Å²) in [5, 5.41) is 10.4. The van der Waals surface area contributed by atoms with E-state index in [4.69, 9.17) is 20.4 Å². The third kappa shape index (κ3) is 3.20. The number of nitrogens with zero attached hydrogens (tertiary/aromatic N) is 4. The molecule has 29 heavy (non-hydrogen) atoms. The fraction of sp³-hybridized carbons (Fsp3) is 0.190. The standard InChI is InChI=1S/C21H17ClN4O2S/c1-3-19-24-25-21(17-10-18-16(26(17)19)7-8-27-18)29-11-15-12(2)28-20(23-15)13-5-4-6-14(22)9-13/h4-10H,3,11H2,1-2H3. The predicted molar refractivity (Wildman–Crippen MR) is 113 cm³/mol. The average molecular weight is 425 g/mol. The second-order valence-corrected chi connectivity index (χ2v) is 8.03. The van der Waals surface area contributed by atoms with Crippen molar-refractivity contribution in [2.45, 2.75) is 31.0 Å². The van der Waals surface area contributed by atoms with Gasteiger partial charge in [-0.15, -0.1) is 10.2 Å². The van der Waals surface area contributed by atoms with Crippen molar-refractivity contribution in [1.29, 1.82) is 0 Å². The molecule has 0 N–H and O–H groups in total. The molecule has 8 heteroatoms. The van der Waals surface area contributed by atoms with Crippen LogP contribution in [-0.4, -0.2) is 19.6 Å². The Morgan fingerprint density at radius 3 is 2.86 bits per heavy atom. The van der Waals surface area contributed by atoms with Gasteiger partial charge in [-0.05, 0) is 25.1 Å². The minimum Gasteiger partial charge on any atom is -0.463 e. The number of hydrogen-bond acceptors (Lipinski definition) is 6. The lowest BCUT2D eigenvalue weighted by Gasteiger charge is -2.06. The second-order valence-electron chi connectivity index (χ2n) is 6.63. The van der Waals surface area contributed by atoms with E-state index in [1.807, 2.05) is 43.3 Å². The highest BCUT2D eigenvalue weighted by molar-refractivity contribution is 7.98. The number of furan rings is 1. The Bertz CT molecular complexity index is 1340. The molecule has 5 rings (SSSR count). The van der Waals surface area contributed by atoms with Crippen LogP contribution in [0.3, 0.4) is 0 Å². The van der Waals surface area contributed by atoms with Gasteiger partial charge in [0.25, 0.3) is 0 Å². The smallest absolute Gasteiger partial charge is 0.226 e. The zero-order valence-corrected chi connectivity index (χ0v) is 17.4. The number of oxazole rings is 1. The number of aromatic nitrogens is 4. The molecule has 4 heterocycles. The summed E-state index contributed by atoms with van der Waals surface area (Å²) in [7, 11) is 0. The van der Waals surface area contributed by atoms with E-state index in [0.29, 0.717) is 16.7 Å². The van der Waals surface area contributed by atoms with Gasteiger partial charge in [0.2, 0.25) is 5.89 Å². The molecule has 0 aliphatic heterocycles. The molecular weight excluding hydrogens is 408 g/mol. The maximum Gasteiger partial charge on any atom is 0.226 e. The van der Waals surface area contributed by atoms with Crippen molar-refractivity contribution >= 4 is 40.0 Å². The molecule has 1 aromatic carbocycles. The van der Waals surface area contributed by atoms with E-state index in [9.17, 15) is 0 Å². The molecule has 0 spiro atoms. The van der Waals surface area contributed by atoms with Gasteiger partial charge in [0, 0.05) is 34.9 Å². The van der Waals surface area contributed by atoms with E-state index >= 15 is 0 Å². The highest BCUT2D eigenvalue weighted by Gasteiger charge is 2.17. The van der Waals surface area contributed by atoms with Crippen LogP contribution in [-0.2, 0) is 12.2 Å². The Morgan fingerprint density at radius 1 is 1.14 bits per heavy atom. The first-order valence-electron chi connectivity index (χ1n) is 9.23. The van der Waals surface area contributed by atoms with Crippen LogP contribution in [0, 0.1) is 6.92 Å². The molecular formula is C21H17ClN4O2S. The second kappa shape index (κ2) is 7.24. The van der Waals surface area contributed by atoms with E-state index in [-0.39, 0.29) is 0 Å². The van der Waals surface area contributed by atoms with Crippen LogP contribution in [0.15, 0.2) is 56.5 Å². The van der Waals surface area contributed by atoms with Gasteiger partial charge < -0.3 is 8.83 Å². The summed E-state index contributed by atoms with van der Waals surface area (Å²) in [6, 6.07) is 11.5. The van der Waals surface area contributed by atoms with Gasteiger partial charge in [0.1, 0.15) is 16.6 Å². The van der Waals surface area contributed by atoms with Gasteiger partial charge in [-0.1, -0.05) is 36.4 Å². The maximum atomic E-state index is 6.09. The molecule has 6 nitrogen and oxygen atoms in total. The Morgan fingerprint density at radius 2 is 2.03 bits per heavy atom. The third-order valence-corrected chi connectivity index (χ3v) is 6.00. The van der Waals surface area contributed by atoms with Crippen molar-refractivity contribution in [3.8, 4) is 11.5 Å². The molecule has 0 unspecified atom stereocenters. The minimum absolute atomic E-state index is 0.568.